The number of ether oxygens (including phenoxy) is 1. The second kappa shape index (κ2) is 10.2. The zero-order chi connectivity index (χ0) is 24.9. The molecule has 3 atom stereocenters. The van der Waals surface area contributed by atoms with Crippen LogP contribution in [-0.4, -0.2) is 56.0 Å². The third-order valence-electron chi connectivity index (χ3n) is 6.86. The number of benzene rings is 2. The summed E-state index contributed by atoms with van der Waals surface area (Å²) in [5, 5.41) is 11.9. The number of aryl methyl sites for hydroxylation is 2. The van der Waals surface area contributed by atoms with E-state index in [4.69, 9.17) is 4.74 Å². The van der Waals surface area contributed by atoms with Gasteiger partial charge in [0.2, 0.25) is 11.8 Å². The van der Waals surface area contributed by atoms with E-state index in [1.165, 1.54) is 27.8 Å². The first-order valence-electron chi connectivity index (χ1n) is 11.6. The number of carbonyl (C=O) groups excluding carboxylic acids is 3. The molecule has 2 amide bonds. The van der Waals surface area contributed by atoms with Gasteiger partial charge in [-0.3, -0.25) is 9.59 Å². The quantitative estimate of drug-likeness (QED) is 0.233. The van der Waals surface area contributed by atoms with E-state index in [-0.39, 0.29) is 43.0 Å². The van der Waals surface area contributed by atoms with Gasteiger partial charge in [0.15, 0.2) is 0 Å². The summed E-state index contributed by atoms with van der Waals surface area (Å²) in [7, 11) is 0. The summed E-state index contributed by atoms with van der Waals surface area (Å²) in [6, 6.07) is 10.7. The Morgan fingerprint density at radius 2 is 1.89 bits per heavy atom. The number of nitrogens with one attached hydrogen (secondary N) is 1. The number of esters is 1. The van der Waals surface area contributed by atoms with Crippen molar-refractivity contribution in [2.75, 3.05) is 0 Å². The number of fused-ring (bicyclic) bond motifs is 2. The van der Waals surface area contributed by atoms with Gasteiger partial charge in [-0.15, -0.1) is 11.8 Å². The molecule has 2 aromatic carbocycles. The predicted octanol–water partition coefficient (Wildman–Crippen LogP) is -0.315. The summed E-state index contributed by atoms with van der Waals surface area (Å²) in [5.74, 6) is -1.95. The normalized spacial score (nSPS) is 23.1. The van der Waals surface area contributed by atoms with Gasteiger partial charge in [-0.05, 0) is 68.0 Å². The van der Waals surface area contributed by atoms with Crippen LogP contribution in [0, 0.1) is 0 Å². The Morgan fingerprint density at radius 1 is 1.17 bits per heavy atom. The summed E-state index contributed by atoms with van der Waals surface area (Å²) >= 11 is 1.37. The maximum Gasteiger partial charge on any atom is 1.00 e. The van der Waals surface area contributed by atoms with Gasteiger partial charge in [0.25, 0.3) is 0 Å². The van der Waals surface area contributed by atoms with Crippen LogP contribution in [0.1, 0.15) is 48.7 Å². The number of nitrogens with zero attached hydrogens (tertiary/aromatic N) is 1. The number of hydrogen-bond donors (Lipinski definition) is 2. The summed E-state index contributed by atoms with van der Waals surface area (Å²) < 4.78 is 4.93. The molecule has 184 valence electrons. The van der Waals surface area contributed by atoms with Crippen molar-refractivity contribution in [2.45, 2.75) is 61.7 Å². The molecule has 2 fully saturated rings. The molecule has 0 radical (unpaired) electrons. The van der Waals surface area contributed by atoms with E-state index in [0.717, 1.165) is 19.3 Å². The molecule has 2 heterocycles. The minimum atomic E-state index is -1.06. The largest absolute Gasteiger partial charge is 1.00 e. The predicted molar refractivity (Wildman–Crippen MR) is 130 cm³/mol. The number of carbonyl (C=O) groups is 4. The molecule has 2 unspecified atom stereocenters. The molecule has 2 aliphatic heterocycles. The van der Waals surface area contributed by atoms with Gasteiger partial charge in [0.1, 0.15) is 23.2 Å². The molecule has 36 heavy (non-hydrogen) atoms. The standard InChI is InChI=1S/C26H26N2O6S.Na.H/c1-26(2)21(24(31)32)28-22(30)20(23(28)35-26)27-19(29)13-16-6-3-4-9-18(16)25(33)34-17-11-10-14-7-5-8-15(14)12-17;;/h3-4,6,9-12,20-21,23H,5,7-8,13H2,1-2H3,(H,27,29)(H,31,32);;/q;+1;-1/t20?,21?,23-;;/m1../s1. The Morgan fingerprint density at radius 3 is 2.64 bits per heavy atom. The maximum atomic E-state index is 12.9. The van der Waals surface area contributed by atoms with Crippen LogP contribution < -0.4 is 39.6 Å². The zero-order valence-corrected chi connectivity index (χ0v) is 23.3. The van der Waals surface area contributed by atoms with Crippen molar-refractivity contribution in [1.82, 2.24) is 10.2 Å². The SMILES string of the molecule is CC1(C)S[C@@H]2C(NC(=O)Cc3ccccc3C(=O)Oc3ccc4c(c3)CCC4)C(=O)N2C1C(=O)O.[H-].[Na+]. The molecule has 3 aliphatic rings. The van der Waals surface area contributed by atoms with Gasteiger partial charge in [0.05, 0.1) is 12.0 Å². The molecule has 8 nitrogen and oxygen atoms in total. The Bertz CT molecular complexity index is 1260. The van der Waals surface area contributed by atoms with Gasteiger partial charge < -0.3 is 21.5 Å². The molecule has 0 bridgehead atoms. The van der Waals surface area contributed by atoms with Gasteiger partial charge >= 0.3 is 41.5 Å². The molecule has 1 aliphatic carbocycles. The summed E-state index contributed by atoms with van der Waals surface area (Å²) in [5.41, 5.74) is 3.25. The molecule has 2 aromatic rings. The van der Waals surface area contributed by atoms with E-state index >= 15 is 0 Å². The van der Waals surface area contributed by atoms with Gasteiger partial charge in [-0.2, -0.15) is 0 Å². The number of amides is 2. The van der Waals surface area contributed by atoms with Crippen LogP contribution in [0.4, 0.5) is 0 Å². The Hall–Kier alpha value is -2.33. The second-order valence-electron chi connectivity index (χ2n) is 9.65. The monoisotopic (exact) mass is 518 g/mol. The molecule has 0 saturated carbocycles. The van der Waals surface area contributed by atoms with Crippen LogP contribution in [0.5, 0.6) is 5.75 Å². The van der Waals surface area contributed by atoms with Crippen molar-refractivity contribution < 1.29 is 60.0 Å². The Labute approximate surface area is 236 Å². The number of carboxylic acid groups (broad SMARTS) is 1. The fourth-order valence-electron chi connectivity index (χ4n) is 5.19. The van der Waals surface area contributed by atoms with E-state index in [2.05, 4.69) is 5.32 Å². The smallest absolute Gasteiger partial charge is 1.00 e. The average Bonchev–Trinajstić information content (AvgIpc) is 3.37. The summed E-state index contributed by atoms with van der Waals surface area (Å²) in [6.45, 7) is 3.56. The van der Waals surface area contributed by atoms with Crippen molar-refractivity contribution in [1.29, 1.82) is 0 Å². The second-order valence-corrected chi connectivity index (χ2v) is 11.4. The molecule has 0 aromatic heterocycles. The summed E-state index contributed by atoms with van der Waals surface area (Å²) in [4.78, 5) is 51.4. The zero-order valence-electron chi connectivity index (χ0n) is 21.4. The molecule has 2 N–H and O–H groups in total. The van der Waals surface area contributed by atoms with Crippen molar-refractivity contribution in [2.24, 2.45) is 0 Å². The van der Waals surface area contributed by atoms with Gasteiger partial charge in [0, 0.05) is 4.75 Å². The van der Waals surface area contributed by atoms with E-state index < -0.39 is 46.0 Å². The van der Waals surface area contributed by atoms with Crippen LogP contribution in [0.25, 0.3) is 0 Å². The number of rotatable bonds is 6. The first-order valence-corrected chi connectivity index (χ1v) is 12.5. The van der Waals surface area contributed by atoms with Crippen molar-refractivity contribution >= 4 is 35.5 Å². The molecule has 0 spiro atoms. The van der Waals surface area contributed by atoms with Crippen molar-refractivity contribution in [3.05, 3.63) is 64.7 Å². The Kier molecular flexibility index (Phi) is 7.57. The van der Waals surface area contributed by atoms with E-state index in [0.29, 0.717) is 11.3 Å². The minimum Gasteiger partial charge on any atom is -1.00 e. The van der Waals surface area contributed by atoms with Crippen molar-refractivity contribution in [3.8, 4) is 5.75 Å². The first-order chi connectivity index (χ1) is 16.7. The third kappa shape index (κ3) is 4.81. The minimum absolute atomic E-state index is 0. The number of hydrogen-bond acceptors (Lipinski definition) is 6. The van der Waals surface area contributed by atoms with Crippen LogP contribution in [0.15, 0.2) is 42.5 Å². The van der Waals surface area contributed by atoms with Crippen LogP contribution in [0.2, 0.25) is 0 Å². The van der Waals surface area contributed by atoms with Crippen LogP contribution in [-0.2, 0) is 33.6 Å². The molecular formula is C26H27N2NaO6S. The number of aliphatic carboxylic acids is 1. The number of β-lactam (4-membered cyclic amide) rings is 1. The topological polar surface area (TPSA) is 113 Å². The fourth-order valence-corrected chi connectivity index (χ4v) is 6.82. The fraction of sp³-hybridized carbons (Fsp3) is 0.385. The molecule has 10 heteroatoms. The van der Waals surface area contributed by atoms with Gasteiger partial charge in [-0.1, -0.05) is 24.3 Å². The Balaban J connectivity index is 0.00000190. The third-order valence-corrected chi connectivity index (χ3v) is 8.43. The number of carboxylic acids is 1. The van der Waals surface area contributed by atoms with E-state index in [1.54, 1.807) is 44.2 Å². The molecule has 2 saturated heterocycles. The summed E-state index contributed by atoms with van der Waals surface area (Å²) in [6.07, 6.45) is 3.00. The van der Waals surface area contributed by atoms with Crippen LogP contribution in [0.3, 0.4) is 0 Å². The maximum absolute atomic E-state index is 12.9. The number of thioether (sulfide) groups is 1. The van der Waals surface area contributed by atoms with Crippen LogP contribution >= 0.6 is 11.8 Å². The van der Waals surface area contributed by atoms with E-state index in [1.807, 2.05) is 12.1 Å². The molecule has 5 rings (SSSR count). The molecular weight excluding hydrogens is 491 g/mol. The average molecular weight is 519 g/mol. The first kappa shape index (κ1) is 26.7. The van der Waals surface area contributed by atoms with E-state index in [9.17, 15) is 24.3 Å². The van der Waals surface area contributed by atoms with Gasteiger partial charge in [-0.25, -0.2) is 9.59 Å². The van der Waals surface area contributed by atoms with Crippen molar-refractivity contribution in [3.63, 3.8) is 0 Å².